The van der Waals surface area contributed by atoms with Gasteiger partial charge in [-0.15, -0.1) is 0 Å². The van der Waals surface area contributed by atoms with E-state index in [0.717, 1.165) is 22.6 Å². The molecule has 4 rings (SSSR count). The summed E-state index contributed by atoms with van der Waals surface area (Å²) in [5, 5.41) is 5.87. The predicted octanol–water partition coefficient (Wildman–Crippen LogP) is 6.19. The maximum Gasteiger partial charge on any atom is 0.326 e. The second kappa shape index (κ2) is 13.0. The smallest absolute Gasteiger partial charge is 0.326 e. The fourth-order valence-corrected chi connectivity index (χ4v) is 3.88. The lowest BCUT2D eigenvalue weighted by molar-refractivity contribution is -0.120. The molecule has 0 unspecified atom stereocenters. The van der Waals surface area contributed by atoms with Gasteiger partial charge >= 0.3 is 6.03 Å². The Labute approximate surface area is 223 Å². The molecule has 0 bridgehead atoms. The van der Waals surface area contributed by atoms with Crippen LogP contribution < -0.4 is 25.0 Å². The van der Waals surface area contributed by atoms with Crippen molar-refractivity contribution in [2.24, 2.45) is 0 Å². The lowest BCUT2D eigenvalue weighted by Crippen LogP contribution is -2.41. The highest BCUT2D eigenvalue weighted by Gasteiger charge is 2.17. The first kappa shape index (κ1) is 26.3. The van der Waals surface area contributed by atoms with Crippen LogP contribution in [-0.2, 0) is 11.2 Å². The second-order valence-corrected chi connectivity index (χ2v) is 8.74. The molecule has 0 aliphatic rings. The zero-order chi connectivity index (χ0) is 26.7. The van der Waals surface area contributed by atoms with E-state index in [4.69, 9.17) is 9.47 Å². The molecule has 0 spiro atoms. The van der Waals surface area contributed by atoms with Crippen LogP contribution in [0.5, 0.6) is 17.2 Å². The Hall–Kier alpha value is -4.78. The number of nitrogens with one attached hydrogen (secondary N) is 2. The maximum atomic E-state index is 13.3. The van der Waals surface area contributed by atoms with Crippen molar-refractivity contribution >= 4 is 23.3 Å². The fourth-order valence-electron chi connectivity index (χ4n) is 3.88. The molecule has 0 atom stereocenters. The lowest BCUT2D eigenvalue weighted by Gasteiger charge is -2.24. The summed E-state index contributed by atoms with van der Waals surface area (Å²) in [5.74, 6) is 2.01. The SMILES string of the molecule is COc1ccc(CC(=O)NCCN(C(=O)Nc2cccc(C)c2)c2ccc(Oc3ccccc3)cc2)cc1. The quantitative estimate of drug-likeness (QED) is 0.267. The molecule has 0 heterocycles. The molecule has 0 saturated heterocycles. The Morgan fingerprint density at radius 1 is 0.789 bits per heavy atom. The van der Waals surface area contributed by atoms with Crippen LogP contribution in [0.1, 0.15) is 11.1 Å². The second-order valence-electron chi connectivity index (χ2n) is 8.74. The average molecular weight is 510 g/mol. The minimum atomic E-state index is -0.295. The molecule has 2 N–H and O–H groups in total. The predicted molar refractivity (Wildman–Crippen MR) is 150 cm³/mol. The summed E-state index contributed by atoms with van der Waals surface area (Å²) in [5.41, 5.74) is 3.31. The molecule has 0 aliphatic heterocycles. The van der Waals surface area contributed by atoms with Gasteiger partial charge < -0.3 is 20.1 Å². The molecule has 0 aromatic heterocycles. The number of hydrogen-bond donors (Lipinski definition) is 2. The molecule has 0 radical (unpaired) electrons. The zero-order valence-corrected chi connectivity index (χ0v) is 21.5. The van der Waals surface area contributed by atoms with E-state index >= 15 is 0 Å². The molecule has 7 heteroatoms. The topological polar surface area (TPSA) is 79.9 Å². The number of hydrogen-bond acceptors (Lipinski definition) is 4. The largest absolute Gasteiger partial charge is 0.497 e. The van der Waals surface area contributed by atoms with Crippen molar-refractivity contribution in [1.82, 2.24) is 5.32 Å². The molecule has 3 amide bonds. The molecule has 4 aromatic rings. The van der Waals surface area contributed by atoms with Gasteiger partial charge in [0.05, 0.1) is 13.5 Å². The van der Waals surface area contributed by atoms with E-state index in [9.17, 15) is 9.59 Å². The van der Waals surface area contributed by atoms with Gasteiger partial charge in [-0.25, -0.2) is 4.79 Å². The first-order valence-corrected chi connectivity index (χ1v) is 12.4. The number of methoxy groups -OCH3 is 1. The number of nitrogens with zero attached hydrogens (tertiary/aromatic N) is 1. The van der Waals surface area contributed by atoms with Crippen LogP contribution in [-0.4, -0.2) is 32.1 Å². The fraction of sp³-hybridized carbons (Fsp3) is 0.161. The van der Waals surface area contributed by atoms with E-state index in [1.165, 1.54) is 0 Å². The van der Waals surface area contributed by atoms with Gasteiger partial charge in [0.25, 0.3) is 0 Å². The molecular formula is C31H31N3O4. The van der Waals surface area contributed by atoms with Crippen LogP contribution in [0.4, 0.5) is 16.2 Å². The summed E-state index contributed by atoms with van der Waals surface area (Å²) in [6, 6.07) is 31.5. The average Bonchev–Trinajstić information content (AvgIpc) is 2.93. The molecule has 7 nitrogen and oxygen atoms in total. The number of carbonyl (C=O) groups is 2. The minimum absolute atomic E-state index is 0.124. The summed E-state index contributed by atoms with van der Waals surface area (Å²) in [6.45, 7) is 2.54. The van der Waals surface area contributed by atoms with Gasteiger partial charge in [-0.2, -0.15) is 0 Å². The van der Waals surface area contributed by atoms with Crippen molar-refractivity contribution in [2.75, 3.05) is 30.4 Å². The van der Waals surface area contributed by atoms with Crippen LogP contribution in [0.3, 0.4) is 0 Å². The Morgan fingerprint density at radius 3 is 2.16 bits per heavy atom. The van der Waals surface area contributed by atoms with Crippen molar-refractivity contribution in [1.29, 1.82) is 0 Å². The molecule has 0 saturated carbocycles. The van der Waals surface area contributed by atoms with Gasteiger partial charge in [-0.3, -0.25) is 9.69 Å². The van der Waals surface area contributed by atoms with Gasteiger partial charge in [-0.05, 0) is 78.7 Å². The molecular weight excluding hydrogens is 478 g/mol. The van der Waals surface area contributed by atoms with Crippen LogP contribution in [0, 0.1) is 6.92 Å². The molecule has 38 heavy (non-hydrogen) atoms. The van der Waals surface area contributed by atoms with Crippen molar-refractivity contribution in [3.8, 4) is 17.2 Å². The summed E-state index contributed by atoms with van der Waals surface area (Å²) in [4.78, 5) is 27.4. The molecule has 4 aromatic carbocycles. The highest BCUT2D eigenvalue weighted by atomic mass is 16.5. The van der Waals surface area contributed by atoms with Crippen LogP contribution in [0.2, 0.25) is 0 Å². The van der Waals surface area contributed by atoms with Crippen molar-refractivity contribution < 1.29 is 19.1 Å². The molecule has 0 aliphatic carbocycles. The first-order chi connectivity index (χ1) is 18.5. The van der Waals surface area contributed by atoms with Gasteiger partial charge in [0.1, 0.15) is 17.2 Å². The molecule has 0 fully saturated rings. The highest BCUT2D eigenvalue weighted by Crippen LogP contribution is 2.25. The highest BCUT2D eigenvalue weighted by molar-refractivity contribution is 6.01. The first-order valence-electron chi connectivity index (χ1n) is 12.4. The van der Waals surface area contributed by atoms with E-state index in [-0.39, 0.29) is 24.9 Å². The summed E-state index contributed by atoms with van der Waals surface area (Å²) in [6.07, 6.45) is 0.241. The number of rotatable bonds is 10. The molecule has 194 valence electrons. The number of amides is 3. The third-order valence-electron chi connectivity index (χ3n) is 5.82. The number of anilines is 2. The number of ether oxygens (including phenoxy) is 2. The summed E-state index contributed by atoms with van der Waals surface area (Å²) < 4.78 is 11.0. The van der Waals surface area contributed by atoms with Gasteiger partial charge in [0.15, 0.2) is 0 Å². The van der Waals surface area contributed by atoms with Crippen LogP contribution in [0.25, 0.3) is 0 Å². The number of aryl methyl sites for hydroxylation is 1. The summed E-state index contributed by atoms with van der Waals surface area (Å²) in [7, 11) is 1.60. The van der Waals surface area contributed by atoms with Crippen molar-refractivity contribution in [2.45, 2.75) is 13.3 Å². The summed E-state index contributed by atoms with van der Waals surface area (Å²) >= 11 is 0. The van der Waals surface area contributed by atoms with E-state index in [1.54, 1.807) is 12.0 Å². The van der Waals surface area contributed by atoms with E-state index in [1.807, 2.05) is 110 Å². The van der Waals surface area contributed by atoms with Crippen molar-refractivity contribution in [3.63, 3.8) is 0 Å². The van der Waals surface area contributed by atoms with Gasteiger partial charge in [-0.1, -0.05) is 42.5 Å². The third kappa shape index (κ3) is 7.61. The Kier molecular flexibility index (Phi) is 8.97. The Balaban J connectivity index is 1.42. The Bertz CT molecular complexity index is 1340. The number of carbonyl (C=O) groups excluding carboxylic acids is 2. The zero-order valence-electron chi connectivity index (χ0n) is 21.5. The minimum Gasteiger partial charge on any atom is -0.497 e. The van der Waals surface area contributed by atoms with Crippen molar-refractivity contribution in [3.05, 3.63) is 114 Å². The van der Waals surface area contributed by atoms with Gasteiger partial charge in [0, 0.05) is 24.5 Å². The van der Waals surface area contributed by atoms with E-state index < -0.39 is 0 Å². The van der Waals surface area contributed by atoms with E-state index in [0.29, 0.717) is 23.7 Å². The maximum absolute atomic E-state index is 13.3. The number of urea groups is 1. The monoisotopic (exact) mass is 509 g/mol. The Morgan fingerprint density at radius 2 is 1.47 bits per heavy atom. The standard InChI is InChI=1S/C31H31N3O4/c1-23-7-6-8-25(21-23)33-31(36)34(20-19-32-30(35)22-24-11-15-27(37-2)16-12-24)26-13-17-29(18-14-26)38-28-9-4-3-5-10-28/h3-18,21H,19-20,22H2,1-2H3,(H,32,35)(H,33,36). The third-order valence-corrected chi connectivity index (χ3v) is 5.82. The number of benzene rings is 4. The van der Waals surface area contributed by atoms with E-state index in [2.05, 4.69) is 10.6 Å². The normalized spacial score (nSPS) is 10.4. The lowest BCUT2D eigenvalue weighted by atomic mass is 10.1. The van der Waals surface area contributed by atoms with Crippen LogP contribution >= 0.6 is 0 Å². The van der Waals surface area contributed by atoms with Crippen LogP contribution in [0.15, 0.2) is 103 Å². The number of para-hydroxylation sites is 1. The van der Waals surface area contributed by atoms with Gasteiger partial charge in [0.2, 0.25) is 5.91 Å².